The molecule has 32 nitrogen and oxygen atoms in total. The van der Waals surface area contributed by atoms with Gasteiger partial charge in [0, 0.05) is 141 Å². The van der Waals surface area contributed by atoms with Gasteiger partial charge in [-0.25, -0.2) is 19.9 Å². The number of morpholine rings is 4. The summed E-state index contributed by atoms with van der Waals surface area (Å²) in [7, 11) is 0. The van der Waals surface area contributed by atoms with Crippen LogP contribution in [0.5, 0.6) is 23.0 Å². The average molecular weight is 1900 g/mol. The van der Waals surface area contributed by atoms with Gasteiger partial charge in [-0.15, -0.1) is 47.0 Å². The number of rotatable bonds is 4. The second kappa shape index (κ2) is 35.8. The summed E-state index contributed by atoms with van der Waals surface area (Å²) in [5.74, 6) is -0.423. The summed E-state index contributed by atoms with van der Waals surface area (Å²) >= 11 is 7.08. The molecular weight excluding hydrogens is 1810 g/mol. The zero-order chi connectivity index (χ0) is 92.4. The quantitative estimate of drug-likeness (QED) is 0.127. The van der Waals surface area contributed by atoms with Crippen molar-refractivity contribution in [3.8, 4) is 23.0 Å². The van der Waals surface area contributed by atoms with E-state index in [-0.39, 0.29) is 82.9 Å². The molecule has 4 unspecified atom stereocenters. The van der Waals surface area contributed by atoms with Crippen molar-refractivity contribution in [2.24, 2.45) is 0 Å². The predicted octanol–water partition coefficient (Wildman–Crippen LogP) is 10.1. The number of hydrogen-bond acceptors (Lipinski definition) is 28. The Labute approximate surface area is 795 Å². The SMILES string of the molecule is O=C1c2c(O)c(=O)ccn2N(C2c3cc4c(cc3CSc3ccccc32)CCCC4)C2COCCN12.O=C1c2c(O)c(=O)ccn2N(C2c3ccccc3SCc3ncncc32)C2COCCN12.O=C1c2c(O)c(=O)ccn2N([C@@H]2c3ccccc3SCc3ncncc32)[C@@H]2COCCN12.O=C1c2c(O)c(=O)ccn2N([C@H]2c3cc4c(cc3CSc3ccccc32)CCCC4)[C@@H]2COCCN12. The molecule has 4 amide bonds. The van der Waals surface area contributed by atoms with Gasteiger partial charge in [-0.1, -0.05) is 97.1 Å². The molecule has 4 saturated heterocycles. The van der Waals surface area contributed by atoms with Crippen molar-refractivity contribution in [3.05, 3.63) is 348 Å². The number of aryl methyl sites for hydroxylation is 4. The fourth-order valence-corrected chi connectivity index (χ4v) is 26.1. The molecule has 2 aliphatic carbocycles. The smallest absolute Gasteiger partial charge is 0.278 e. The van der Waals surface area contributed by atoms with E-state index in [2.05, 4.69) is 127 Å². The van der Waals surface area contributed by atoms with Crippen molar-refractivity contribution in [2.75, 3.05) is 99.1 Å². The highest BCUT2D eigenvalue weighted by atomic mass is 32.2. The van der Waals surface area contributed by atoms with Crippen molar-refractivity contribution in [3.63, 3.8) is 0 Å². The molecule has 0 saturated carbocycles. The molecule has 6 aromatic carbocycles. The largest absolute Gasteiger partial charge is 0.502 e. The molecule has 0 radical (unpaired) electrons. The van der Waals surface area contributed by atoms with E-state index in [9.17, 15) is 58.8 Å². The summed E-state index contributed by atoms with van der Waals surface area (Å²) in [6.45, 7) is 4.48. The van der Waals surface area contributed by atoms with Gasteiger partial charge in [0.05, 0.1) is 76.3 Å². The van der Waals surface area contributed by atoms with Crippen LogP contribution in [0, 0.1) is 0 Å². The number of ether oxygens (including phenoxy) is 4. The van der Waals surface area contributed by atoms with E-state index in [0.717, 1.165) is 91.7 Å². The maximum atomic E-state index is 13.5. The predicted molar refractivity (Wildman–Crippen MR) is 507 cm³/mol. The Hall–Kier alpha value is -13.2. The van der Waals surface area contributed by atoms with Crippen LogP contribution in [0.4, 0.5) is 0 Å². The van der Waals surface area contributed by atoms with E-state index in [1.54, 1.807) is 99.3 Å². The fourth-order valence-electron chi connectivity index (χ4n) is 21.8. The Bertz CT molecular complexity index is 6650. The third kappa shape index (κ3) is 14.8. The highest BCUT2D eigenvalue weighted by molar-refractivity contribution is 7.99. The Morgan fingerprint density at radius 1 is 0.301 bits per heavy atom. The maximum absolute atomic E-state index is 13.5. The molecule has 36 heteroatoms. The Morgan fingerprint density at radius 2 is 0.566 bits per heavy atom. The Kier molecular flexibility index (Phi) is 22.9. The standard InChI is InChI=1S/2C28H27N3O4S.2C22H19N5O4S/c2*32-22-9-10-30-26(27(22)33)28(34)29-11-12-35-15-24(29)31(30)25-20-7-3-4-8-23(20)36-16-19-13-17-5-1-2-6-18(17)14-21(19)25;2*28-16-5-6-26-20(21(16)29)22(30)25-7-8-31-10-18(25)27(26)19-13-3-1-2-4-17(13)32-11-15-14(19)9-23-12-24-15/h2*3-4,7-10,13-14,24-25,33H,1-2,5-6,11-12,15-16H2;2*1-6,9,12,18-19,29H,7-8,10-11H2/t24-,25-;;18-,19-;/m1.1./s1. The number of aromatic nitrogens is 8. The first-order valence-corrected chi connectivity index (χ1v) is 49.7. The number of aromatic hydroxyl groups is 4. The first kappa shape index (κ1) is 86.9. The van der Waals surface area contributed by atoms with Gasteiger partial charge in [-0.3, -0.25) is 77.1 Å². The van der Waals surface area contributed by atoms with Crippen LogP contribution >= 0.6 is 47.0 Å². The molecule has 4 N–H and O–H groups in total. The Morgan fingerprint density at radius 3 is 0.860 bits per heavy atom. The molecule has 0 spiro atoms. The minimum Gasteiger partial charge on any atom is -0.502 e. The maximum Gasteiger partial charge on any atom is 0.278 e. The van der Waals surface area contributed by atoms with E-state index in [0.29, 0.717) is 90.5 Å². The number of nitrogens with zero attached hydrogens (tertiary/aromatic N) is 16. The van der Waals surface area contributed by atoms with Crippen LogP contribution in [-0.2, 0) is 67.6 Å². The zero-order valence-corrected chi connectivity index (χ0v) is 76.8. The molecule has 12 aliphatic heterocycles. The molecule has 6 aromatic heterocycles. The molecule has 14 aliphatic rings. The van der Waals surface area contributed by atoms with Crippen molar-refractivity contribution in [2.45, 2.75) is 143 Å². The molecule has 26 rings (SSSR count). The summed E-state index contributed by atoms with van der Waals surface area (Å²) in [5.41, 5.74) is 16.4. The van der Waals surface area contributed by atoms with Crippen LogP contribution in [0.25, 0.3) is 0 Å². The van der Waals surface area contributed by atoms with E-state index < -0.39 is 57.0 Å². The van der Waals surface area contributed by atoms with Crippen LogP contribution in [0.15, 0.2) is 234 Å². The highest BCUT2D eigenvalue weighted by Crippen LogP contribution is 2.52. The fraction of sp³-hybridized carbons (Fsp3) is 0.320. The van der Waals surface area contributed by atoms with E-state index in [1.807, 2.05) is 70.2 Å². The van der Waals surface area contributed by atoms with Crippen LogP contribution < -0.4 is 41.8 Å². The van der Waals surface area contributed by atoms with E-state index in [4.69, 9.17) is 18.9 Å². The van der Waals surface area contributed by atoms with Crippen molar-refractivity contribution < 1.29 is 58.6 Å². The number of thioether (sulfide) groups is 4. The van der Waals surface area contributed by atoms with Crippen LogP contribution in [0.2, 0.25) is 0 Å². The topological polar surface area (TPSA) is 352 Å². The number of hydrogen-bond donors (Lipinski definition) is 4. The summed E-state index contributed by atoms with van der Waals surface area (Å²) < 4.78 is 30.0. The lowest BCUT2D eigenvalue weighted by molar-refractivity contribution is -0.0198. The van der Waals surface area contributed by atoms with Crippen LogP contribution in [0.1, 0.15) is 181 Å². The number of carbonyl (C=O) groups excluding carboxylic acids is 4. The summed E-state index contributed by atoms with van der Waals surface area (Å²) in [4.78, 5) is 132. The van der Waals surface area contributed by atoms with Gasteiger partial charge in [-0.2, -0.15) is 0 Å². The van der Waals surface area contributed by atoms with E-state index in [1.165, 1.54) is 104 Å². The van der Waals surface area contributed by atoms with Gasteiger partial charge in [0.15, 0.2) is 45.8 Å². The lowest BCUT2D eigenvalue weighted by atomic mass is 9.85. The molecule has 692 valence electrons. The average Bonchev–Trinajstić information content (AvgIpc) is 0.896. The van der Waals surface area contributed by atoms with Gasteiger partial charge in [0.25, 0.3) is 23.6 Å². The number of benzene rings is 6. The lowest BCUT2D eigenvalue weighted by Crippen LogP contribution is -2.66. The summed E-state index contributed by atoms with van der Waals surface area (Å²) in [6.07, 6.45) is 20.7. The first-order chi connectivity index (χ1) is 66.5. The second-order valence-corrected chi connectivity index (χ2v) is 39.5. The van der Waals surface area contributed by atoms with Gasteiger partial charge < -0.3 is 59.0 Å². The van der Waals surface area contributed by atoms with Gasteiger partial charge in [-0.05, 0) is 142 Å². The zero-order valence-electron chi connectivity index (χ0n) is 73.5. The molecule has 4 fully saturated rings. The monoisotopic (exact) mass is 1900 g/mol. The third-order valence-corrected chi connectivity index (χ3v) is 32.6. The first-order valence-electron chi connectivity index (χ1n) is 45.7. The van der Waals surface area contributed by atoms with Gasteiger partial charge in [0.1, 0.15) is 49.4 Å². The summed E-state index contributed by atoms with van der Waals surface area (Å²) in [6, 6.07) is 46.7. The molecule has 136 heavy (non-hydrogen) atoms. The normalized spacial score (nSPS) is 22.2. The minimum absolute atomic E-state index is 0.0227. The van der Waals surface area contributed by atoms with Crippen molar-refractivity contribution >= 4 is 70.7 Å². The summed E-state index contributed by atoms with van der Waals surface area (Å²) in [5, 5.41) is 51.1. The van der Waals surface area contributed by atoms with Crippen LogP contribution in [0.3, 0.4) is 0 Å². The number of amides is 4. The number of fused-ring (bicyclic) bond motifs is 18. The molecule has 12 aromatic rings. The molecular formula is C100H92N16O16S4. The number of carbonyl (C=O) groups is 4. The van der Waals surface area contributed by atoms with Crippen molar-refractivity contribution in [1.82, 2.24) is 58.2 Å². The van der Waals surface area contributed by atoms with Gasteiger partial charge in [0.2, 0.25) is 21.7 Å². The van der Waals surface area contributed by atoms with Gasteiger partial charge >= 0.3 is 0 Å². The molecule has 0 bridgehead atoms. The second-order valence-electron chi connectivity index (χ2n) is 35.4. The highest BCUT2D eigenvalue weighted by Gasteiger charge is 2.52. The number of pyridine rings is 4. The Balaban J connectivity index is 0.000000102. The molecule has 8 atom stereocenters. The minimum atomic E-state index is -0.586. The van der Waals surface area contributed by atoms with Crippen LogP contribution in [-0.4, -0.2) is 206 Å². The molecule has 18 heterocycles. The van der Waals surface area contributed by atoms with Crippen molar-refractivity contribution in [1.29, 1.82) is 0 Å². The third-order valence-electron chi connectivity index (χ3n) is 28.1. The van der Waals surface area contributed by atoms with E-state index >= 15 is 0 Å². The lowest BCUT2D eigenvalue weighted by Gasteiger charge is -2.51.